The van der Waals surface area contributed by atoms with Crippen LogP contribution in [-0.2, 0) is 4.79 Å². The minimum absolute atomic E-state index is 0.0703. The predicted octanol–water partition coefficient (Wildman–Crippen LogP) is 4.38. The van der Waals surface area contributed by atoms with E-state index in [0.717, 1.165) is 17.1 Å². The van der Waals surface area contributed by atoms with Crippen LogP contribution in [0.5, 0.6) is 5.75 Å². The van der Waals surface area contributed by atoms with Gasteiger partial charge in [-0.05, 0) is 63.9 Å². The average molecular weight is 398 g/mol. The summed E-state index contributed by atoms with van der Waals surface area (Å²) < 4.78 is 7.69. The maximum atomic E-state index is 12.7. The van der Waals surface area contributed by atoms with Crippen LogP contribution in [-0.4, -0.2) is 29.5 Å². The van der Waals surface area contributed by atoms with Crippen LogP contribution in [0.1, 0.15) is 66.8 Å². The van der Waals surface area contributed by atoms with Crippen molar-refractivity contribution in [3.63, 3.8) is 0 Å². The Morgan fingerprint density at radius 2 is 1.79 bits per heavy atom. The molecule has 1 aliphatic carbocycles. The van der Waals surface area contributed by atoms with Crippen LogP contribution in [0.25, 0.3) is 0 Å². The Bertz CT molecular complexity index is 849. The van der Waals surface area contributed by atoms with Crippen molar-refractivity contribution >= 4 is 17.5 Å². The van der Waals surface area contributed by atoms with E-state index >= 15 is 0 Å². The fourth-order valence-electron chi connectivity index (χ4n) is 4.17. The molecule has 1 heterocycles. The third-order valence-electron chi connectivity index (χ3n) is 5.53. The highest BCUT2D eigenvalue weighted by Crippen LogP contribution is 2.32. The second kappa shape index (κ2) is 9.63. The van der Waals surface area contributed by atoms with Gasteiger partial charge in [0.25, 0.3) is 5.91 Å². The molecule has 6 nitrogen and oxygen atoms in total. The summed E-state index contributed by atoms with van der Waals surface area (Å²) in [6, 6.07) is 9.58. The van der Waals surface area contributed by atoms with Gasteiger partial charge in [0.05, 0.1) is 18.7 Å². The maximum absolute atomic E-state index is 12.7. The van der Waals surface area contributed by atoms with E-state index in [1.54, 1.807) is 24.3 Å². The van der Waals surface area contributed by atoms with Crippen LogP contribution in [0.15, 0.2) is 30.3 Å². The lowest BCUT2D eigenvalue weighted by atomic mass is 9.95. The van der Waals surface area contributed by atoms with Gasteiger partial charge in [-0.25, -0.2) is 0 Å². The molecule has 6 heteroatoms. The van der Waals surface area contributed by atoms with Gasteiger partial charge in [-0.3, -0.25) is 9.59 Å². The van der Waals surface area contributed by atoms with Crippen molar-refractivity contribution in [2.24, 2.45) is 0 Å². The van der Waals surface area contributed by atoms with E-state index in [2.05, 4.69) is 22.1 Å². The molecule has 1 aromatic heterocycles. The van der Waals surface area contributed by atoms with Crippen molar-refractivity contribution in [2.75, 3.05) is 18.5 Å². The van der Waals surface area contributed by atoms with E-state index < -0.39 is 0 Å². The van der Waals surface area contributed by atoms with Crippen LogP contribution in [0.4, 0.5) is 5.69 Å². The summed E-state index contributed by atoms with van der Waals surface area (Å²) in [5, 5.41) is 5.53. The number of hydrogen-bond acceptors (Lipinski definition) is 3. The molecule has 2 N–H and O–H groups in total. The van der Waals surface area contributed by atoms with Crippen molar-refractivity contribution < 1.29 is 14.3 Å². The number of hydrogen-bond donors (Lipinski definition) is 2. The summed E-state index contributed by atoms with van der Waals surface area (Å²) in [7, 11) is 0. The third kappa shape index (κ3) is 5.19. The van der Waals surface area contributed by atoms with Crippen molar-refractivity contribution in [2.45, 2.75) is 58.9 Å². The Morgan fingerprint density at radius 1 is 1.10 bits per heavy atom. The number of nitrogens with zero attached hydrogens (tertiary/aromatic N) is 1. The van der Waals surface area contributed by atoms with Gasteiger partial charge in [-0.15, -0.1) is 0 Å². The number of ether oxygens (including phenoxy) is 1. The summed E-state index contributed by atoms with van der Waals surface area (Å²) in [6.45, 7) is 6.50. The van der Waals surface area contributed by atoms with Crippen molar-refractivity contribution in [3.8, 4) is 5.75 Å². The summed E-state index contributed by atoms with van der Waals surface area (Å²) in [5.74, 6) is 0.290. The van der Waals surface area contributed by atoms with Gasteiger partial charge >= 0.3 is 0 Å². The SMILES string of the molecule is CCOc1ccc(NC(=O)CNC(=O)c2cc(C)n(C3CCCCC3)c2C)cc1. The fraction of sp³-hybridized carbons (Fsp3) is 0.478. The first-order chi connectivity index (χ1) is 14.0. The lowest BCUT2D eigenvalue weighted by Gasteiger charge is -2.26. The monoisotopic (exact) mass is 397 g/mol. The van der Waals surface area contributed by atoms with Crippen LogP contribution in [0.3, 0.4) is 0 Å². The molecule has 1 aromatic carbocycles. The van der Waals surface area contributed by atoms with E-state index in [1.807, 2.05) is 19.9 Å². The zero-order valence-electron chi connectivity index (χ0n) is 17.6. The van der Waals surface area contributed by atoms with E-state index in [0.29, 0.717) is 23.9 Å². The van der Waals surface area contributed by atoms with Crippen LogP contribution in [0, 0.1) is 13.8 Å². The first-order valence-corrected chi connectivity index (χ1v) is 10.5. The van der Waals surface area contributed by atoms with Crippen molar-refractivity contribution in [1.82, 2.24) is 9.88 Å². The number of anilines is 1. The zero-order chi connectivity index (χ0) is 20.8. The molecule has 0 unspecified atom stereocenters. The molecule has 0 spiro atoms. The van der Waals surface area contributed by atoms with Gasteiger partial charge in [0, 0.05) is 23.1 Å². The molecular formula is C23H31N3O3. The quantitative estimate of drug-likeness (QED) is 0.728. The second-order valence-electron chi connectivity index (χ2n) is 7.63. The lowest BCUT2D eigenvalue weighted by Crippen LogP contribution is -2.33. The zero-order valence-corrected chi connectivity index (χ0v) is 17.6. The average Bonchev–Trinajstić information content (AvgIpc) is 3.02. The summed E-state index contributed by atoms with van der Waals surface area (Å²) in [4.78, 5) is 24.9. The number of carbonyl (C=O) groups is 2. The number of nitrogens with one attached hydrogen (secondary N) is 2. The highest BCUT2D eigenvalue weighted by atomic mass is 16.5. The molecule has 2 aromatic rings. The fourth-order valence-corrected chi connectivity index (χ4v) is 4.17. The number of rotatable bonds is 7. The largest absolute Gasteiger partial charge is 0.494 e. The van der Waals surface area contributed by atoms with Crippen LogP contribution >= 0.6 is 0 Å². The molecule has 2 amide bonds. The van der Waals surface area contributed by atoms with Crippen molar-refractivity contribution in [1.29, 1.82) is 0 Å². The summed E-state index contributed by atoms with van der Waals surface area (Å²) in [6.07, 6.45) is 6.13. The minimum atomic E-state index is -0.261. The first kappa shape index (κ1) is 21.0. The number of benzene rings is 1. The minimum Gasteiger partial charge on any atom is -0.494 e. The molecule has 29 heavy (non-hydrogen) atoms. The van der Waals surface area contributed by atoms with Gasteiger partial charge in [0.1, 0.15) is 5.75 Å². The van der Waals surface area contributed by atoms with Gasteiger partial charge in [-0.2, -0.15) is 0 Å². The van der Waals surface area contributed by atoms with Gasteiger partial charge < -0.3 is 19.9 Å². The molecule has 0 bridgehead atoms. The Balaban J connectivity index is 1.57. The van der Waals surface area contributed by atoms with E-state index in [9.17, 15) is 9.59 Å². The standard InChI is InChI=1S/C23H31N3O3/c1-4-29-20-12-10-18(11-13-20)25-22(27)15-24-23(28)21-14-16(2)26(17(21)3)19-8-6-5-7-9-19/h10-14,19H,4-9,15H2,1-3H3,(H,24,28)(H,25,27). The molecule has 0 saturated heterocycles. The molecule has 1 fully saturated rings. The van der Waals surface area contributed by atoms with E-state index in [4.69, 9.17) is 4.74 Å². The molecule has 3 rings (SSSR count). The Kier molecular flexibility index (Phi) is 6.96. The van der Waals surface area contributed by atoms with Gasteiger partial charge in [-0.1, -0.05) is 19.3 Å². The predicted molar refractivity (Wildman–Crippen MR) is 115 cm³/mol. The Labute approximate surface area is 172 Å². The molecule has 0 atom stereocenters. The number of carbonyl (C=O) groups excluding carboxylic acids is 2. The van der Waals surface area contributed by atoms with Crippen LogP contribution < -0.4 is 15.4 Å². The topological polar surface area (TPSA) is 72.4 Å². The molecule has 0 aliphatic heterocycles. The number of aryl methyl sites for hydroxylation is 1. The van der Waals surface area contributed by atoms with Crippen molar-refractivity contribution in [3.05, 3.63) is 47.3 Å². The molecule has 1 aliphatic rings. The first-order valence-electron chi connectivity index (χ1n) is 10.5. The Morgan fingerprint density at radius 3 is 2.45 bits per heavy atom. The van der Waals surface area contributed by atoms with Crippen LogP contribution in [0.2, 0.25) is 0 Å². The Hall–Kier alpha value is -2.76. The smallest absolute Gasteiger partial charge is 0.253 e. The lowest BCUT2D eigenvalue weighted by molar-refractivity contribution is -0.115. The maximum Gasteiger partial charge on any atom is 0.253 e. The molecular weight excluding hydrogens is 366 g/mol. The number of aromatic nitrogens is 1. The molecule has 1 saturated carbocycles. The highest BCUT2D eigenvalue weighted by Gasteiger charge is 2.22. The second-order valence-corrected chi connectivity index (χ2v) is 7.63. The third-order valence-corrected chi connectivity index (χ3v) is 5.53. The van der Waals surface area contributed by atoms with Gasteiger partial charge in [0.15, 0.2) is 0 Å². The number of amides is 2. The van der Waals surface area contributed by atoms with E-state index in [-0.39, 0.29) is 18.4 Å². The highest BCUT2D eigenvalue weighted by molar-refractivity contribution is 6.00. The van der Waals surface area contributed by atoms with Gasteiger partial charge in [0.2, 0.25) is 5.91 Å². The normalized spacial score (nSPS) is 14.4. The molecule has 0 radical (unpaired) electrons. The van der Waals surface area contributed by atoms with E-state index in [1.165, 1.54) is 32.1 Å². The molecule has 156 valence electrons. The summed E-state index contributed by atoms with van der Waals surface area (Å²) in [5.41, 5.74) is 3.42. The summed E-state index contributed by atoms with van der Waals surface area (Å²) >= 11 is 0.